The Morgan fingerprint density at radius 1 is 1.33 bits per heavy atom. The van der Waals surface area contributed by atoms with Gasteiger partial charge in [0.1, 0.15) is 6.04 Å². The maximum absolute atomic E-state index is 12.8. The fourth-order valence-electron chi connectivity index (χ4n) is 3.78. The zero-order valence-corrected chi connectivity index (χ0v) is 13.9. The van der Waals surface area contributed by atoms with Gasteiger partial charge in [-0.15, -0.1) is 0 Å². The first-order valence-corrected chi connectivity index (χ1v) is 8.38. The summed E-state index contributed by atoms with van der Waals surface area (Å²) in [5, 5.41) is 2.92. The molecule has 1 saturated carbocycles. The minimum absolute atomic E-state index is 0.0200. The monoisotopic (exact) mass is 294 g/mol. The molecule has 0 aromatic heterocycles. The molecule has 2 aliphatic rings. The van der Waals surface area contributed by atoms with Crippen molar-refractivity contribution >= 4 is 11.8 Å². The van der Waals surface area contributed by atoms with Crippen LogP contribution in [0.25, 0.3) is 0 Å². The standard InChI is InChI=1S/C17H30N2O2/c1-12(2)10-14-16(21)19(9-7-15(20)18-14)13-6-5-8-17(3,4)11-13/h12-14H,5-11H2,1-4H3,(H,18,20). The van der Waals surface area contributed by atoms with Gasteiger partial charge in [-0.2, -0.15) is 0 Å². The van der Waals surface area contributed by atoms with E-state index in [4.69, 9.17) is 0 Å². The maximum atomic E-state index is 12.8. The molecule has 1 saturated heterocycles. The van der Waals surface area contributed by atoms with Crippen molar-refractivity contribution in [2.24, 2.45) is 11.3 Å². The molecule has 0 bridgehead atoms. The third-order valence-corrected chi connectivity index (χ3v) is 4.82. The Morgan fingerprint density at radius 3 is 2.67 bits per heavy atom. The van der Waals surface area contributed by atoms with Crippen molar-refractivity contribution in [3.63, 3.8) is 0 Å². The van der Waals surface area contributed by atoms with E-state index >= 15 is 0 Å². The first-order valence-electron chi connectivity index (χ1n) is 8.38. The molecule has 2 amide bonds. The summed E-state index contributed by atoms with van der Waals surface area (Å²) in [6.07, 6.45) is 5.73. The van der Waals surface area contributed by atoms with Crippen LogP contribution in [0.15, 0.2) is 0 Å². The Labute approximate surface area is 128 Å². The summed E-state index contributed by atoms with van der Waals surface area (Å²) >= 11 is 0. The highest BCUT2D eigenvalue weighted by atomic mass is 16.2. The van der Waals surface area contributed by atoms with Crippen LogP contribution < -0.4 is 5.32 Å². The average molecular weight is 294 g/mol. The third-order valence-electron chi connectivity index (χ3n) is 4.82. The Balaban J connectivity index is 2.13. The number of hydrogen-bond donors (Lipinski definition) is 1. The molecular weight excluding hydrogens is 264 g/mol. The summed E-state index contributed by atoms with van der Waals surface area (Å²) in [5.74, 6) is 0.561. The van der Waals surface area contributed by atoms with Gasteiger partial charge in [0.2, 0.25) is 11.8 Å². The first kappa shape index (κ1) is 16.3. The van der Waals surface area contributed by atoms with Crippen LogP contribution in [0.2, 0.25) is 0 Å². The van der Waals surface area contributed by atoms with Gasteiger partial charge in [0.25, 0.3) is 0 Å². The minimum atomic E-state index is -0.329. The van der Waals surface area contributed by atoms with Crippen molar-refractivity contribution in [3.05, 3.63) is 0 Å². The molecule has 0 aromatic rings. The number of carbonyl (C=O) groups excluding carboxylic acids is 2. The van der Waals surface area contributed by atoms with E-state index in [0.29, 0.717) is 30.3 Å². The van der Waals surface area contributed by atoms with Crippen molar-refractivity contribution in [1.82, 2.24) is 10.2 Å². The van der Waals surface area contributed by atoms with Crippen molar-refractivity contribution in [2.75, 3.05) is 6.54 Å². The fraction of sp³-hybridized carbons (Fsp3) is 0.882. The predicted octanol–water partition coefficient (Wildman–Crippen LogP) is 2.72. The summed E-state index contributed by atoms with van der Waals surface area (Å²) in [6.45, 7) is 9.35. The number of rotatable bonds is 3. The van der Waals surface area contributed by atoms with Crippen LogP contribution in [0.5, 0.6) is 0 Å². The van der Waals surface area contributed by atoms with Crippen LogP contribution in [-0.4, -0.2) is 35.3 Å². The number of amides is 2. The lowest BCUT2D eigenvalue weighted by Crippen LogP contribution is -2.50. The number of nitrogens with zero attached hydrogens (tertiary/aromatic N) is 1. The second kappa shape index (κ2) is 6.37. The Hall–Kier alpha value is -1.06. The molecule has 2 fully saturated rings. The highest BCUT2D eigenvalue weighted by molar-refractivity contribution is 5.90. The molecule has 0 spiro atoms. The summed E-state index contributed by atoms with van der Waals surface area (Å²) in [5.41, 5.74) is 0.306. The molecule has 2 unspecified atom stereocenters. The SMILES string of the molecule is CC(C)CC1NC(=O)CCN(C2CCCC(C)(C)C2)C1=O. The minimum Gasteiger partial charge on any atom is -0.344 e. The smallest absolute Gasteiger partial charge is 0.245 e. The van der Waals surface area contributed by atoms with Crippen molar-refractivity contribution < 1.29 is 9.59 Å². The molecule has 120 valence electrons. The van der Waals surface area contributed by atoms with Crippen molar-refractivity contribution in [3.8, 4) is 0 Å². The molecule has 2 rings (SSSR count). The van der Waals surface area contributed by atoms with Crippen LogP contribution >= 0.6 is 0 Å². The number of carbonyl (C=O) groups is 2. The lowest BCUT2D eigenvalue weighted by Gasteiger charge is -2.41. The first-order chi connectivity index (χ1) is 9.78. The molecular formula is C17H30N2O2. The van der Waals surface area contributed by atoms with Crippen molar-refractivity contribution in [1.29, 1.82) is 0 Å². The summed E-state index contributed by atoms with van der Waals surface area (Å²) in [4.78, 5) is 26.7. The van der Waals surface area contributed by atoms with E-state index in [1.54, 1.807) is 0 Å². The van der Waals surface area contributed by atoms with Gasteiger partial charge in [-0.05, 0) is 37.0 Å². The van der Waals surface area contributed by atoms with Gasteiger partial charge in [-0.25, -0.2) is 0 Å². The van der Waals surface area contributed by atoms with Crippen LogP contribution in [0.4, 0.5) is 0 Å². The number of hydrogen-bond acceptors (Lipinski definition) is 2. The lowest BCUT2D eigenvalue weighted by atomic mass is 9.74. The van der Waals surface area contributed by atoms with Crippen LogP contribution in [0.1, 0.15) is 66.2 Å². The Morgan fingerprint density at radius 2 is 2.05 bits per heavy atom. The molecule has 1 aliphatic heterocycles. The second-order valence-electron chi connectivity index (χ2n) is 7.95. The highest BCUT2D eigenvalue weighted by Gasteiger charge is 2.38. The lowest BCUT2D eigenvalue weighted by molar-refractivity contribution is -0.137. The summed E-state index contributed by atoms with van der Waals surface area (Å²) in [7, 11) is 0. The largest absolute Gasteiger partial charge is 0.344 e. The normalized spacial score (nSPS) is 30.2. The Kier molecular flexibility index (Phi) is 4.95. The van der Waals surface area contributed by atoms with Crippen LogP contribution in [-0.2, 0) is 9.59 Å². The average Bonchev–Trinajstić information content (AvgIpc) is 2.48. The van der Waals surface area contributed by atoms with Gasteiger partial charge >= 0.3 is 0 Å². The molecule has 21 heavy (non-hydrogen) atoms. The van der Waals surface area contributed by atoms with E-state index < -0.39 is 0 Å². The predicted molar refractivity (Wildman–Crippen MR) is 83.8 cm³/mol. The molecule has 4 nitrogen and oxygen atoms in total. The van der Waals surface area contributed by atoms with Gasteiger partial charge in [0.05, 0.1) is 0 Å². The van der Waals surface area contributed by atoms with E-state index in [-0.39, 0.29) is 17.9 Å². The van der Waals surface area contributed by atoms with Gasteiger partial charge < -0.3 is 10.2 Å². The topological polar surface area (TPSA) is 49.4 Å². The van der Waals surface area contributed by atoms with Crippen LogP contribution in [0.3, 0.4) is 0 Å². The summed E-state index contributed by atoms with van der Waals surface area (Å²) < 4.78 is 0. The fourth-order valence-corrected chi connectivity index (χ4v) is 3.78. The van der Waals surface area contributed by atoms with Crippen molar-refractivity contribution in [2.45, 2.75) is 78.3 Å². The van der Waals surface area contributed by atoms with Gasteiger partial charge in [0.15, 0.2) is 0 Å². The Bertz CT molecular complexity index is 404. The molecule has 2 atom stereocenters. The van der Waals surface area contributed by atoms with E-state index in [2.05, 4.69) is 33.0 Å². The summed E-state index contributed by atoms with van der Waals surface area (Å²) in [6, 6.07) is -0.0198. The zero-order valence-electron chi connectivity index (χ0n) is 13.9. The number of nitrogens with one attached hydrogen (secondary N) is 1. The second-order valence-corrected chi connectivity index (χ2v) is 7.95. The molecule has 4 heteroatoms. The van der Waals surface area contributed by atoms with E-state index in [1.807, 2.05) is 4.90 Å². The molecule has 0 radical (unpaired) electrons. The van der Waals surface area contributed by atoms with Gasteiger partial charge in [0, 0.05) is 19.0 Å². The van der Waals surface area contributed by atoms with Crippen LogP contribution in [0, 0.1) is 11.3 Å². The quantitative estimate of drug-likeness (QED) is 0.870. The van der Waals surface area contributed by atoms with Gasteiger partial charge in [-0.3, -0.25) is 9.59 Å². The van der Waals surface area contributed by atoms with E-state index in [1.165, 1.54) is 12.8 Å². The van der Waals surface area contributed by atoms with Gasteiger partial charge in [-0.1, -0.05) is 34.1 Å². The maximum Gasteiger partial charge on any atom is 0.245 e. The molecule has 0 aromatic carbocycles. The third kappa shape index (κ3) is 4.21. The molecule has 1 N–H and O–H groups in total. The molecule has 1 aliphatic carbocycles. The van der Waals surface area contributed by atoms with E-state index in [9.17, 15) is 9.59 Å². The zero-order chi connectivity index (χ0) is 15.6. The highest BCUT2D eigenvalue weighted by Crippen LogP contribution is 2.37. The molecule has 1 heterocycles. The van der Waals surface area contributed by atoms with E-state index in [0.717, 1.165) is 19.3 Å².